The summed E-state index contributed by atoms with van der Waals surface area (Å²) >= 11 is 0. The number of aliphatic hydroxyl groups is 2. The van der Waals surface area contributed by atoms with Gasteiger partial charge in [0.15, 0.2) is 0 Å². The molecule has 0 aliphatic carbocycles. The second-order valence-electron chi connectivity index (χ2n) is 4.59. The van der Waals surface area contributed by atoms with Crippen molar-refractivity contribution in [3.05, 3.63) is 29.8 Å². The van der Waals surface area contributed by atoms with Gasteiger partial charge in [-0.05, 0) is 31.2 Å². The van der Waals surface area contributed by atoms with Gasteiger partial charge in [0, 0.05) is 12.6 Å². The minimum atomic E-state index is -3.89. The largest absolute Gasteiger partial charge is 0.394 e. The lowest BCUT2D eigenvalue weighted by atomic mass is 10.1. The third-order valence-electron chi connectivity index (χ3n) is 2.73. The Kier molecular flexibility index (Phi) is 5.23. The summed E-state index contributed by atoms with van der Waals surface area (Å²) in [4.78, 5) is 11.3. The number of benzene rings is 1. The summed E-state index contributed by atoms with van der Waals surface area (Å²) in [6.07, 6.45) is 0. The van der Waals surface area contributed by atoms with Gasteiger partial charge in [-0.3, -0.25) is 4.79 Å². The van der Waals surface area contributed by atoms with Crippen molar-refractivity contribution in [1.82, 2.24) is 10.0 Å². The molecule has 0 aliphatic heterocycles. The van der Waals surface area contributed by atoms with Crippen molar-refractivity contribution in [2.24, 2.45) is 0 Å². The van der Waals surface area contributed by atoms with Crippen molar-refractivity contribution < 1.29 is 23.4 Å². The Bertz CT molecular complexity index is 564. The standard InChI is InChI=1S/C12H18N2O5S/c1-12(7-15,8-16)14-20(18,19)10-5-3-9(4-6-10)11(17)13-2/h3-6,14-16H,7-8H2,1-2H3,(H,13,17). The summed E-state index contributed by atoms with van der Waals surface area (Å²) in [6.45, 7) is 0.293. The van der Waals surface area contributed by atoms with Crippen LogP contribution in [0.25, 0.3) is 0 Å². The molecule has 0 radical (unpaired) electrons. The molecule has 1 aromatic carbocycles. The summed E-state index contributed by atoms with van der Waals surface area (Å²) in [5, 5.41) is 20.6. The molecule has 0 aromatic heterocycles. The first kappa shape index (κ1) is 16.6. The first-order valence-corrected chi connectivity index (χ1v) is 7.34. The Labute approximate surface area is 117 Å². The summed E-state index contributed by atoms with van der Waals surface area (Å²) in [6, 6.07) is 5.31. The van der Waals surface area contributed by atoms with Crippen LogP contribution in [-0.4, -0.2) is 50.3 Å². The molecule has 8 heteroatoms. The molecule has 7 nitrogen and oxygen atoms in total. The topological polar surface area (TPSA) is 116 Å². The third-order valence-corrected chi connectivity index (χ3v) is 4.39. The molecule has 0 atom stereocenters. The molecular formula is C12H18N2O5S. The van der Waals surface area contributed by atoms with Crippen LogP contribution in [0.15, 0.2) is 29.2 Å². The minimum absolute atomic E-state index is 0.0571. The van der Waals surface area contributed by atoms with E-state index in [4.69, 9.17) is 10.2 Å². The van der Waals surface area contributed by atoms with Crippen molar-refractivity contribution in [1.29, 1.82) is 0 Å². The van der Waals surface area contributed by atoms with Crippen LogP contribution in [0.3, 0.4) is 0 Å². The predicted molar refractivity (Wildman–Crippen MR) is 72.7 cm³/mol. The normalized spacial score (nSPS) is 12.2. The number of hydrogen-bond acceptors (Lipinski definition) is 5. The smallest absolute Gasteiger partial charge is 0.251 e. The minimum Gasteiger partial charge on any atom is -0.394 e. The second kappa shape index (κ2) is 6.31. The molecule has 1 aromatic rings. The predicted octanol–water partition coefficient (Wildman–Crippen LogP) is -0.932. The van der Waals surface area contributed by atoms with Crippen molar-refractivity contribution >= 4 is 15.9 Å². The number of nitrogens with one attached hydrogen (secondary N) is 2. The monoisotopic (exact) mass is 302 g/mol. The van der Waals surface area contributed by atoms with Crippen LogP contribution in [0.5, 0.6) is 0 Å². The van der Waals surface area contributed by atoms with Crippen LogP contribution in [-0.2, 0) is 10.0 Å². The average Bonchev–Trinajstić information content (AvgIpc) is 2.46. The van der Waals surface area contributed by atoms with E-state index < -0.39 is 28.8 Å². The molecule has 0 fully saturated rings. The number of hydrogen-bond donors (Lipinski definition) is 4. The lowest BCUT2D eigenvalue weighted by Crippen LogP contribution is -2.51. The molecule has 0 aliphatic rings. The van der Waals surface area contributed by atoms with Crippen LogP contribution in [0.2, 0.25) is 0 Å². The average molecular weight is 302 g/mol. The van der Waals surface area contributed by atoms with Crippen LogP contribution >= 0.6 is 0 Å². The maximum atomic E-state index is 12.1. The number of sulfonamides is 1. The maximum absolute atomic E-state index is 12.1. The number of amides is 1. The van der Waals surface area contributed by atoms with Crippen LogP contribution in [0, 0.1) is 0 Å². The van der Waals surface area contributed by atoms with Crippen molar-refractivity contribution in [2.75, 3.05) is 20.3 Å². The van der Waals surface area contributed by atoms with E-state index in [-0.39, 0.29) is 10.8 Å². The molecule has 1 amide bonds. The van der Waals surface area contributed by atoms with Gasteiger partial charge >= 0.3 is 0 Å². The molecular weight excluding hydrogens is 284 g/mol. The van der Waals surface area contributed by atoms with Crippen molar-refractivity contribution in [3.8, 4) is 0 Å². The Morgan fingerprint density at radius 1 is 1.20 bits per heavy atom. The SMILES string of the molecule is CNC(=O)c1ccc(S(=O)(=O)NC(C)(CO)CO)cc1. The third kappa shape index (κ3) is 3.76. The van der Waals surface area contributed by atoms with Gasteiger partial charge in [-0.2, -0.15) is 0 Å². The van der Waals surface area contributed by atoms with Crippen LogP contribution < -0.4 is 10.0 Å². The molecule has 0 spiro atoms. The summed E-state index contributed by atoms with van der Waals surface area (Å²) in [7, 11) is -2.42. The van der Waals surface area contributed by atoms with Crippen molar-refractivity contribution in [2.45, 2.75) is 17.4 Å². The highest BCUT2D eigenvalue weighted by atomic mass is 32.2. The van der Waals surface area contributed by atoms with Crippen LogP contribution in [0.1, 0.15) is 17.3 Å². The van der Waals surface area contributed by atoms with E-state index in [1.165, 1.54) is 38.2 Å². The molecule has 0 bridgehead atoms. The van der Waals surface area contributed by atoms with Gasteiger partial charge in [0.25, 0.3) is 5.91 Å². The number of carbonyl (C=O) groups is 1. The lowest BCUT2D eigenvalue weighted by Gasteiger charge is -2.25. The van der Waals surface area contributed by atoms with Crippen molar-refractivity contribution in [3.63, 3.8) is 0 Å². The van der Waals surface area contributed by atoms with E-state index in [1.807, 2.05) is 0 Å². The molecule has 0 saturated carbocycles. The first-order valence-electron chi connectivity index (χ1n) is 5.86. The number of carbonyl (C=O) groups excluding carboxylic acids is 1. The van der Waals surface area contributed by atoms with Crippen LogP contribution in [0.4, 0.5) is 0 Å². The van der Waals surface area contributed by atoms with Gasteiger partial charge < -0.3 is 15.5 Å². The molecule has 4 N–H and O–H groups in total. The molecule has 0 unspecified atom stereocenters. The summed E-state index contributed by atoms with van der Waals surface area (Å²) < 4.78 is 26.4. The Hall–Kier alpha value is -1.48. The maximum Gasteiger partial charge on any atom is 0.251 e. The second-order valence-corrected chi connectivity index (χ2v) is 6.27. The Morgan fingerprint density at radius 2 is 1.70 bits per heavy atom. The van der Waals surface area contributed by atoms with Gasteiger partial charge in [0.2, 0.25) is 10.0 Å². The van der Waals surface area contributed by atoms with E-state index in [1.54, 1.807) is 0 Å². The molecule has 1 rings (SSSR count). The Morgan fingerprint density at radius 3 is 2.10 bits per heavy atom. The molecule has 0 saturated heterocycles. The number of rotatable bonds is 6. The van der Waals surface area contributed by atoms with Gasteiger partial charge in [0.1, 0.15) is 0 Å². The molecule has 112 valence electrons. The Balaban J connectivity index is 3.02. The highest BCUT2D eigenvalue weighted by molar-refractivity contribution is 7.89. The van der Waals surface area contributed by atoms with E-state index in [2.05, 4.69) is 10.0 Å². The fraction of sp³-hybridized carbons (Fsp3) is 0.417. The molecule has 20 heavy (non-hydrogen) atoms. The summed E-state index contributed by atoms with van der Waals surface area (Å²) in [5.41, 5.74) is -1.02. The molecule has 0 heterocycles. The zero-order valence-electron chi connectivity index (χ0n) is 11.3. The van der Waals surface area contributed by atoms with Gasteiger partial charge in [0.05, 0.1) is 23.6 Å². The highest BCUT2D eigenvalue weighted by Gasteiger charge is 2.29. The van der Waals surface area contributed by atoms with E-state index >= 15 is 0 Å². The van der Waals surface area contributed by atoms with E-state index in [0.717, 1.165) is 0 Å². The van der Waals surface area contributed by atoms with E-state index in [0.29, 0.717) is 5.56 Å². The number of aliphatic hydroxyl groups excluding tert-OH is 2. The highest BCUT2D eigenvalue weighted by Crippen LogP contribution is 2.14. The quantitative estimate of drug-likeness (QED) is 0.542. The van der Waals surface area contributed by atoms with E-state index in [9.17, 15) is 13.2 Å². The van der Waals surface area contributed by atoms with Gasteiger partial charge in [-0.15, -0.1) is 0 Å². The zero-order chi connectivity index (χ0) is 15.4. The lowest BCUT2D eigenvalue weighted by molar-refractivity contribution is 0.0963. The summed E-state index contributed by atoms with van der Waals surface area (Å²) in [5.74, 6) is -0.322. The fourth-order valence-electron chi connectivity index (χ4n) is 1.43. The van der Waals surface area contributed by atoms with Gasteiger partial charge in [-0.1, -0.05) is 0 Å². The van der Waals surface area contributed by atoms with Gasteiger partial charge in [-0.25, -0.2) is 13.1 Å². The first-order chi connectivity index (χ1) is 9.28. The fourth-order valence-corrected chi connectivity index (χ4v) is 2.82. The zero-order valence-corrected chi connectivity index (χ0v) is 12.1.